The van der Waals surface area contributed by atoms with Crippen LogP contribution in [0, 0.1) is 5.41 Å². The average molecular weight is 253 g/mol. The first-order valence-corrected chi connectivity index (χ1v) is 6.88. The second-order valence-electron chi connectivity index (χ2n) is 5.13. The molecule has 1 aliphatic heterocycles. The highest BCUT2D eigenvalue weighted by atomic mass is 35.5. The summed E-state index contributed by atoms with van der Waals surface area (Å²) in [5.74, 6) is 0. The molecule has 0 atom stereocenters. The van der Waals surface area contributed by atoms with Crippen LogP contribution in [0.1, 0.15) is 38.8 Å². The maximum atomic E-state index is 5.98. The molecule has 0 amide bonds. The van der Waals surface area contributed by atoms with E-state index >= 15 is 0 Å². The number of hydrogen-bond acceptors (Lipinski definition) is 2. The molecule has 94 valence electrons. The molecule has 3 heteroatoms. The molecule has 0 saturated carbocycles. The van der Waals surface area contributed by atoms with Crippen molar-refractivity contribution in [2.24, 2.45) is 5.41 Å². The fourth-order valence-electron chi connectivity index (χ4n) is 2.75. The van der Waals surface area contributed by atoms with Gasteiger partial charge in [0.25, 0.3) is 0 Å². The summed E-state index contributed by atoms with van der Waals surface area (Å²) in [6, 6.07) is 3.80. The van der Waals surface area contributed by atoms with Gasteiger partial charge in [-0.05, 0) is 43.4 Å². The highest BCUT2D eigenvalue weighted by Crippen LogP contribution is 2.37. The van der Waals surface area contributed by atoms with Gasteiger partial charge in [-0.3, -0.25) is 9.88 Å². The summed E-state index contributed by atoms with van der Waals surface area (Å²) in [7, 11) is 0. The molecule has 17 heavy (non-hydrogen) atoms. The topological polar surface area (TPSA) is 16.1 Å². The molecule has 0 N–H and O–H groups in total. The van der Waals surface area contributed by atoms with E-state index in [4.69, 9.17) is 11.6 Å². The van der Waals surface area contributed by atoms with Crippen molar-refractivity contribution in [3.63, 3.8) is 0 Å². The lowest BCUT2D eigenvalue weighted by molar-refractivity contribution is 0.235. The molecule has 0 bridgehead atoms. The highest BCUT2D eigenvalue weighted by Gasteiger charge is 2.34. The number of pyridine rings is 1. The van der Waals surface area contributed by atoms with Crippen molar-refractivity contribution in [2.45, 2.75) is 39.7 Å². The normalized spacial score (nSPS) is 19.7. The minimum atomic E-state index is 0.540. The zero-order valence-electron chi connectivity index (χ0n) is 10.7. The van der Waals surface area contributed by atoms with Gasteiger partial charge in [-0.25, -0.2) is 0 Å². The molecular weight excluding hydrogens is 232 g/mol. The largest absolute Gasteiger partial charge is 0.297 e. The van der Waals surface area contributed by atoms with E-state index in [1.54, 1.807) is 6.20 Å². The molecule has 0 unspecified atom stereocenters. The van der Waals surface area contributed by atoms with E-state index in [0.717, 1.165) is 17.3 Å². The van der Waals surface area contributed by atoms with Gasteiger partial charge in [0.15, 0.2) is 0 Å². The summed E-state index contributed by atoms with van der Waals surface area (Å²) in [5.41, 5.74) is 1.62. The molecule has 2 heterocycles. The summed E-state index contributed by atoms with van der Waals surface area (Å²) in [5, 5.41) is 0.784. The van der Waals surface area contributed by atoms with Crippen LogP contribution in [-0.2, 0) is 6.54 Å². The van der Waals surface area contributed by atoms with Crippen LogP contribution in [0.2, 0.25) is 5.02 Å². The summed E-state index contributed by atoms with van der Waals surface area (Å²) < 4.78 is 0. The van der Waals surface area contributed by atoms with Crippen molar-refractivity contribution < 1.29 is 0 Å². The number of hydrogen-bond donors (Lipinski definition) is 0. The van der Waals surface area contributed by atoms with Crippen LogP contribution in [0.5, 0.6) is 0 Å². The molecule has 0 aliphatic carbocycles. The number of halogens is 1. The van der Waals surface area contributed by atoms with Crippen LogP contribution < -0.4 is 0 Å². The number of likely N-dealkylation sites (tertiary alicyclic amines) is 1. The first-order chi connectivity index (χ1) is 8.17. The predicted octanol–water partition coefficient (Wildman–Crippen LogP) is 3.75. The minimum absolute atomic E-state index is 0.540. The Morgan fingerprint density at radius 2 is 2.18 bits per heavy atom. The molecular formula is C14H21ClN2. The van der Waals surface area contributed by atoms with Gasteiger partial charge in [-0.2, -0.15) is 0 Å². The lowest BCUT2D eigenvalue weighted by atomic mass is 9.82. The quantitative estimate of drug-likeness (QED) is 0.812. The zero-order valence-corrected chi connectivity index (χ0v) is 11.5. The Hall–Kier alpha value is -0.600. The maximum absolute atomic E-state index is 5.98. The average Bonchev–Trinajstić information content (AvgIpc) is 2.73. The van der Waals surface area contributed by atoms with E-state index in [1.807, 2.05) is 12.1 Å². The standard InChI is InChI=1S/C14H21ClN2/c1-3-14(4-2)6-8-17(11-14)10-13-9-12(15)5-7-16-13/h5,7,9H,3-4,6,8,10-11H2,1-2H3. The van der Waals surface area contributed by atoms with Crippen molar-refractivity contribution >= 4 is 11.6 Å². The van der Waals surface area contributed by atoms with E-state index < -0.39 is 0 Å². The molecule has 1 aromatic heterocycles. The molecule has 0 radical (unpaired) electrons. The molecule has 1 saturated heterocycles. The van der Waals surface area contributed by atoms with Crippen LogP contribution in [0.15, 0.2) is 18.3 Å². The minimum Gasteiger partial charge on any atom is -0.297 e. The van der Waals surface area contributed by atoms with E-state index in [0.29, 0.717) is 5.41 Å². The van der Waals surface area contributed by atoms with Crippen molar-refractivity contribution in [1.29, 1.82) is 0 Å². The van der Waals surface area contributed by atoms with Crippen LogP contribution in [0.3, 0.4) is 0 Å². The van der Waals surface area contributed by atoms with Gasteiger partial charge in [-0.15, -0.1) is 0 Å². The van der Waals surface area contributed by atoms with E-state index in [2.05, 4.69) is 23.7 Å². The smallest absolute Gasteiger partial charge is 0.0558 e. The third-order valence-electron chi connectivity index (χ3n) is 4.18. The Labute approximate surface area is 109 Å². The Bertz CT molecular complexity index is 374. The van der Waals surface area contributed by atoms with Gasteiger partial charge in [0.1, 0.15) is 0 Å². The monoisotopic (exact) mass is 252 g/mol. The molecule has 1 aromatic rings. The predicted molar refractivity (Wildman–Crippen MR) is 72.2 cm³/mol. The Balaban J connectivity index is 1.98. The lowest BCUT2D eigenvalue weighted by Gasteiger charge is -2.26. The van der Waals surface area contributed by atoms with Gasteiger partial charge in [0, 0.05) is 24.3 Å². The second kappa shape index (κ2) is 5.36. The van der Waals surface area contributed by atoms with Gasteiger partial charge < -0.3 is 0 Å². The zero-order chi connectivity index (χ0) is 12.3. The fourth-order valence-corrected chi connectivity index (χ4v) is 2.94. The summed E-state index contributed by atoms with van der Waals surface area (Å²) >= 11 is 5.98. The SMILES string of the molecule is CCC1(CC)CCN(Cc2cc(Cl)ccn2)C1. The fraction of sp³-hybridized carbons (Fsp3) is 0.643. The first-order valence-electron chi connectivity index (χ1n) is 6.50. The second-order valence-corrected chi connectivity index (χ2v) is 5.57. The lowest BCUT2D eigenvalue weighted by Crippen LogP contribution is -2.26. The Morgan fingerprint density at radius 1 is 1.41 bits per heavy atom. The Kier molecular flexibility index (Phi) is 4.05. The van der Waals surface area contributed by atoms with Crippen LogP contribution in [0.25, 0.3) is 0 Å². The molecule has 1 fully saturated rings. The van der Waals surface area contributed by atoms with Gasteiger partial charge in [-0.1, -0.05) is 25.4 Å². The maximum Gasteiger partial charge on any atom is 0.0558 e. The third kappa shape index (κ3) is 2.99. The molecule has 0 spiro atoms. The van der Waals surface area contributed by atoms with Crippen molar-refractivity contribution in [2.75, 3.05) is 13.1 Å². The highest BCUT2D eigenvalue weighted by molar-refractivity contribution is 6.30. The van der Waals surface area contributed by atoms with Crippen molar-refractivity contribution in [3.8, 4) is 0 Å². The number of aromatic nitrogens is 1. The number of nitrogens with zero attached hydrogens (tertiary/aromatic N) is 2. The van der Waals surface area contributed by atoms with E-state index in [-0.39, 0.29) is 0 Å². The summed E-state index contributed by atoms with van der Waals surface area (Å²) in [6.07, 6.45) is 5.67. The van der Waals surface area contributed by atoms with Gasteiger partial charge >= 0.3 is 0 Å². The molecule has 2 rings (SSSR count). The van der Waals surface area contributed by atoms with Gasteiger partial charge in [0.2, 0.25) is 0 Å². The Morgan fingerprint density at radius 3 is 2.76 bits per heavy atom. The number of rotatable bonds is 4. The van der Waals surface area contributed by atoms with E-state index in [1.165, 1.54) is 32.4 Å². The van der Waals surface area contributed by atoms with Crippen LogP contribution >= 0.6 is 11.6 Å². The summed E-state index contributed by atoms with van der Waals surface area (Å²) in [6.45, 7) is 7.95. The van der Waals surface area contributed by atoms with Crippen molar-refractivity contribution in [1.82, 2.24) is 9.88 Å². The van der Waals surface area contributed by atoms with Crippen LogP contribution in [0.4, 0.5) is 0 Å². The van der Waals surface area contributed by atoms with E-state index in [9.17, 15) is 0 Å². The molecule has 0 aromatic carbocycles. The first kappa shape index (κ1) is 12.8. The van der Waals surface area contributed by atoms with Crippen LogP contribution in [-0.4, -0.2) is 23.0 Å². The molecule has 1 aliphatic rings. The third-order valence-corrected chi connectivity index (χ3v) is 4.42. The summed E-state index contributed by atoms with van der Waals surface area (Å²) in [4.78, 5) is 6.88. The molecule has 2 nitrogen and oxygen atoms in total. The van der Waals surface area contributed by atoms with Crippen molar-refractivity contribution in [3.05, 3.63) is 29.0 Å². The van der Waals surface area contributed by atoms with Gasteiger partial charge in [0.05, 0.1) is 5.69 Å².